The van der Waals surface area contributed by atoms with Gasteiger partial charge >= 0.3 is 0 Å². The minimum atomic E-state index is -0.558. The van der Waals surface area contributed by atoms with Crippen LogP contribution in [-0.2, 0) is 29.3 Å². The van der Waals surface area contributed by atoms with Gasteiger partial charge < -0.3 is 35.4 Å². The average Bonchev–Trinajstić information content (AvgIpc) is 3.04. The Morgan fingerprint density at radius 2 is 1.68 bits per heavy atom. The van der Waals surface area contributed by atoms with Crippen molar-refractivity contribution in [2.45, 2.75) is 32.8 Å². The second-order valence-corrected chi connectivity index (χ2v) is 10.3. The first-order valence-electron chi connectivity index (χ1n) is 14.1. The molecule has 44 heavy (non-hydrogen) atoms. The number of amides is 3. The average molecular weight is 595 g/mol. The molecule has 0 spiro atoms. The molecule has 4 aromatic carbocycles. The minimum absolute atomic E-state index is 0.100. The van der Waals surface area contributed by atoms with Crippen LogP contribution in [0.4, 0.5) is 11.4 Å². The highest BCUT2D eigenvalue weighted by atomic mass is 16.5. The highest BCUT2D eigenvalue weighted by molar-refractivity contribution is 6.01. The molecule has 1 aliphatic heterocycles. The van der Waals surface area contributed by atoms with Crippen molar-refractivity contribution in [3.63, 3.8) is 0 Å². The largest absolute Gasteiger partial charge is 0.496 e. The number of aliphatic hydroxyl groups is 1. The lowest BCUT2D eigenvalue weighted by molar-refractivity contribution is -0.124. The number of aliphatic hydroxyl groups excluding tert-OH is 1. The predicted molar refractivity (Wildman–Crippen MR) is 166 cm³/mol. The van der Waals surface area contributed by atoms with Crippen LogP contribution in [0, 0.1) is 0 Å². The summed E-state index contributed by atoms with van der Waals surface area (Å²) in [5.74, 6) is 0.600. The summed E-state index contributed by atoms with van der Waals surface area (Å²) in [6, 6.07) is 28.0. The number of para-hydroxylation sites is 1. The molecule has 0 bridgehead atoms. The zero-order chi connectivity index (χ0) is 31.1. The quantitative estimate of drug-likeness (QED) is 0.200. The Kier molecular flexibility index (Phi) is 9.41. The van der Waals surface area contributed by atoms with E-state index in [2.05, 4.69) is 16.0 Å². The molecule has 5 rings (SSSR count). The number of ether oxygens (including phenoxy) is 2. The van der Waals surface area contributed by atoms with E-state index in [1.807, 2.05) is 66.7 Å². The van der Waals surface area contributed by atoms with E-state index in [-0.39, 0.29) is 18.4 Å². The first-order valence-corrected chi connectivity index (χ1v) is 14.1. The van der Waals surface area contributed by atoms with Crippen LogP contribution in [0.3, 0.4) is 0 Å². The van der Waals surface area contributed by atoms with Gasteiger partial charge in [-0.15, -0.1) is 0 Å². The maximum absolute atomic E-state index is 13.8. The molecular weight excluding hydrogens is 560 g/mol. The smallest absolute Gasteiger partial charge is 0.258 e. The van der Waals surface area contributed by atoms with Gasteiger partial charge in [-0.2, -0.15) is 0 Å². The molecule has 1 unspecified atom stereocenters. The van der Waals surface area contributed by atoms with Crippen molar-refractivity contribution in [3.05, 3.63) is 119 Å². The molecule has 10 nitrogen and oxygen atoms in total. The lowest BCUT2D eigenvalue weighted by atomic mass is 10.0. The molecule has 1 aliphatic rings. The lowest BCUT2D eigenvalue weighted by Crippen LogP contribution is -2.42. The van der Waals surface area contributed by atoms with Gasteiger partial charge in [0.1, 0.15) is 30.9 Å². The van der Waals surface area contributed by atoms with Gasteiger partial charge in [-0.05, 0) is 65.2 Å². The fourth-order valence-corrected chi connectivity index (χ4v) is 5.02. The van der Waals surface area contributed by atoms with Crippen LogP contribution in [-0.4, -0.2) is 41.4 Å². The third-order valence-electron chi connectivity index (χ3n) is 7.22. The topological polar surface area (TPSA) is 129 Å². The molecular formula is C34H34N4O6. The molecule has 10 heteroatoms. The molecule has 1 heterocycles. The number of hydrogen-bond donors (Lipinski definition) is 4. The fourth-order valence-electron chi connectivity index (χ4n) is 5.02. The third kappa shape index (κ3) is 7.16. The Bertz CT molecular complexity index is 1640. The van der Waals surface area contributed by atoms with Gasteiger partial charge in [0.15, 0.2) is 0 Å². The number of nitrogens with zero attached hydrogens (tertiary/aromatic N) is 1. The van der Waals surface area contributed by atoms with Crippen LogP contribution in [0.1, 0.15) is 45.7 Å². The van der Waals surface area contributed by atoms with E-state index in [0.717, 1.165) is 27.9 Å². The second kappa shape index (κ2) is 13.7. The van der Waals surface area contributed by atoms with Crippen molar-refractivity contribution in [2.75, 3.05) is 24.4 Å². The van der Waals surface area contributed by atoms with E-state index in [0.29, 0.717) is 35.8 Å². The molecule has 0 aromatic heterocycles. The van der Waals surface area contributed by atoms with Gasteiger partial charge in [-0.3, -0.25) is 14.4 Å². The molecule has 226 valence electrons. The zero-order valence-electron chi connectivity index (χ0n) is 24.5. The molecule has 0 aliphatic carbocycles. The number of fused-ring (bicyclic) bond motifs is 1. The monoisotopic (exact) mass is 594 g/mol. The van der Waals surface area contributed by atoms with Crippen LogP contribution in [0.2, 0.25) is 0 Å². The molecule has 0 saturated heterocycles. The van der Waals surface area contributed by atoms with Crippen LogP contribution >= 0.6 is 0 Å². The Hall–Kier alpha value is -5.35. The number of rotatable bonds is 11. The van der Waals surface area contributed by atoms with Gasteiger partial charge in [0, 0.05) is 37.0 Å². The fraction of sp³-hybridized carbons (Fsp3) is 0.206. The number of anilines is 2. The molecule has 3 amide bonds. The summed E-state index contributed by atoms with van der Waals surface area (Å²) in [7, 11) is 1.60. The highest BCUT2D eigenvalue weighted by Gasteiger charge is 2.33. The summed E-state index contributed by atoms with van der Waals surface area (Å²) < 4.78 is 11.7. The number of nitrogens with one attached hydrogen (secondary N) is 3. The number of methoxy groups -OCH3 is 1. The van der Waals surface area contributed by atoms with E-state index >= 15 is 0 Å². The van der Waals surface area contributed by atoms with Crippen molar-refractivity contribution in [1.29, 1.82) is 0 Å². The normalized spacial score (nSPS) is 13.8. The molecule has 0 saturated carbocycles. The van der Waals surface area contributed by atoms with Crippen LogP contribution in [0.5, 0.6) is 11.5 Å². The van der Waals surface area contributed by atoms with Crippen LogP contribution < -0.4 is 25.4 Å². The van der Waals surface area contributed by atoms with Crippen LogP contribution in [0.15, 0.2) is 91.0 Å². The van der Waals surface area contributed by atoms with Gasteiger partial charge in [0.2, 0.25) is 11.8 Å². The number of benzene rings is 4. The molecule has 1 atom stereocenters. The predicted octanol–water partition coefficient (Wildman–Crippen LogP) is 4.61. The first-order chi connectivity index (χ1) is 21.3. The van der Waals surface area contributed by atoms with Crippen molar-refractivity contribution >= 4 is 29.1 Å². The summed E-state index contributed by atoms with van der Waals surface area (Å²) in [5.41, 5.74) is 5.48. The van der Waals surface area contributed by atoms with Gasteiger partial charge in [0.05, 0.1) is 12.7 Å². The molecule has 0 radical (unpaired) electrons. The SMILES string of the molecule is COc1ccc(C2Nc3ccccc3C(=O)N2Cc2ccc(CNC(=O)CO)cc2)cc1COc1ccc(NC(C)=O)cc1. The molecule has 4 N–H and O–H groups in total. The third-order valence-corrected chi connectivity index (χ3v) is 7.22. The van der Waals surface area contributed by atoms with E-state index in [1.165, 1.54) is 6.92 Å². The maximum Gasteiger partial charge on any atom is 0.258 e. The summed E-state index contributed by atoms with van der Waals surface area (Å²) in [5, 5.41) is 17.9. The molecule has 0 fully saturated rings. The Morgan fingerprint density at radius 3 is 2.39 bits per heavy atom. The minimum Gasteiger partial charge on any atom is -0.496 e. The van der Waals surface area contributed by atoms with E-state index in [9.17, 15) is 14.4 Å². The van der Waals surface area contributed by atoms with Crippen molar-refractivity contribution in [3.8, 4) is 11.5 Å². The summed E-state index contributed by atoms with van der Waals surface area (Å²) in [6.07, 6.45) is -0.470. The summed E-state index contributed by atoms with van der Waals surface area (Å²) in [4.78, 5) is 38.3. The Morgan fingerprint density at radius 1 is 0.955 bits per heavy atom. The van der Waals surface area contributed by atoms with Crippen molar-refractivity contribution < 1.29 is 29.0 Å². The zero-order valence-corrected chi connectivity index (χ0v) is 24.5. The van der Waals surface area contributed by atoms with Gasteiger partial charge in [-0.1, -0.05) is 42.5 Å². The number of carbonyl (C=O) groups is 3. The Labute approximate surface area is 255 Å². The highest BCUT2D eigenvalue weighted by Crippen LogP contribution is 2.36. The first kappa shape index (κ1) is 30.1. The Balaban J connectivity index is 1.39. The second-order valence-electron chi connectivity index (χ2n) is 10.3. The number of carbonyl (C=O) groups excluding carboxylic acids is 3. The van der Waals surface area contributed by atoms with E-state index in [1.54, 1.807) is 36.3 Å². The summed E-state index contributed by atoms with van der Waals surface area (Å²) in [6.45, 7) is 1.76. The lowest BCUT2D eigenvalue weighted by Gasteiger charge is -2.38. The van der Waals surface area contributed by atoms with Crippen molar-refractivity contribution in [1.82, 2.24) is 10.2 Å². The maximum atomic E-state index is 13.8. The summed E-state index contributed by atoms with van der Waals surface area (Å²) >= 11 is 0. The van der Waals surface area contributed by atoms with Crippen molar-refractivity contribution in [2.24, 2.45) is 0 Å². The van der Waals surface area contributed by atoms with Crippen LogP contribution in [0.25, 0.3) is 0 Å². The van der Waals surface area contributed by atoms with E-state index < -0.39 is 18.7 Å². The molecule has 4 aromatic rings. The van der Waals surface area contributed by atoms with E-state index in [4.69, 9.17) is 14.6 Å². The standard InChI is InChI=1S/C34H34N4O6/c1-22(40)36-27-12-14-28(15-13-27)44-21-26-17-25(11-16-31(26)43-2)33-37-30-6-4-3-5-29(30)34(42)38(33)19-24-9-7-23(8-10-24)18-35-32(41)20-39/h3-17,33,37,39H,18-21H2,1-2H3,(H,35,41)(H,36,40). The van der Waals surface area contributed by atoms with Gasteiger partial charge in [-0.25, -0.2) is 0 Å². The van der Waals surface area contributed by atoms with Gasteiger partial charge in [0.25, 0.3) is 5.91 Å². The number of hydrogen-bond acceptors (Lipinski definition) is 7.